The zero-order chi connectivity index (χ0) is 13.4. The van der Waals surface area contributed by atoms with Gasteiger partial charge in [-0.15, -0.1) is 0 Å². The summed E-state index contributed by atoms with van der Waals surface area (Å²) in [6, 6.07) is 8.94. The van der Waals surface area contributed by atoms with Crippen molar-refractivity contribution in [3.05, 3.63) is 35.9 Å². The normalized spacial score (nSPS) is 13.9. The number of nitrogens with one attached hydrogen (secondary N) is 1. The second kappa shape index (κ2) is 7.81. The second-order valence-corrected chi connectivity index (χ2v) is 4.04. The number of carbonyl (C=O) groups excluding carboxylic acids is 1. The van der Waals surface area contributed by atoms with Gasteiger partial charge in [-0.25, -0.2) is 0 Å². The fourth-order valence-corrected chi connectivity index (χ4v) is 1.72. The van der Waals surface area contributed by atoms with Crippen LogP contribution in [-0.2, 0) is 9.53 Å². The molecule has 2 atom stereocenters. The molecule has 1 amide bonds. The number of rotatable bonds is 7. The largest absolute Gasteiger partial charge is 0.394 e. The van der Waals surface area contributed by atoms with Gasteiger partial charge in [-0.1, -0.05) is 30.3 Å². The summed E-state index contributed by atoms with van der Waals surface area (Å²) in [4.78, 5) is 12.1. The Morgan fingerprint density at radius 2 is 2.11 bits per heavy atom. The minimum absolute atomic E-state index is 0.161. The van der Waals surface area contributed by atoms with E-state index in [-0.39, 0.29) is 25.7 Å². The van der Waals surface area contributed by atoms with Crippen LogP contribution in [0, 0.1) is 0 Å². The fraction of sp³-hybridized carbons (Fsp3) is 0.462. The lowest BCUT2D eigenvalue weighted by Crippen LogP contribution is -2.44. The molecule has 18 heavy (non-hydrogen) atoms. The van der Waals surface area contributed by atoms with E-state index >= 15 is 0 Å². The SMILES string of the molecule is COCC(CO)NC(=O)C(CN)c1ccccc1. The highest BCUT2D eigenvalue weighted by Gasteiger charge is 2.21. The molecule has 0 aliphatic carbocycles. The number of ether oxygens (including phenoxy) is 1. The topological polar surface area (TPSA) is 84.6 Å². The standard InChI is InChI=1S/C13H20N2O3/c1-18-9-11(8-16)15-13(17)12(7-14)10-5-3-2-4-6-10/h2-6,11-12,16H,7-9,14H2,1H3,(H,15,17). The highest BCUT2D eigenvalue weighted by atomic mass is 16.5. The van der Waals surface area contributed by atoms with Crippen LogP contribution in [0.4, 0.5) is 0 Å². The van der Waals surface area contributed by atoms with Crippen molar-refractivity contribution in [2.45, 2.75) is 12.0 Å². The monoisotopic (exact) mass is 252 g/mol. The lowest BCUT2D eigenvalue weighted by Gasteiger charge is -2.20. The number of aliphatic hydroxyl groups excluding tert-OH is 1. The molecular weight excluding hydrogens is 232 g/mol. The highest BCUT2D eigenvalue weighted by molar-refractivity contribution is 5.84. The van der Waals surface area contributed by atoms with Crippen LogP contribution in [0.15, 0.2) is 30.3 Å². The summed E-state index contributed by atoms with van der Waals surface area (Å²) in [6.07, 6.45) is 0. The van der Waals surface area contributed by atoms with E-state index in [9.17, 15) is 4.79 Å². The van der Waals surface area contributed by atoms with Crippen LogP contribution in [-0.4, -0.2) is 43.9 Å². The van der Waals surface area contributed by atoms with Crippen molar-refractivity contribution in [2.75, 3.05) is 26.9 Å². The molecule has 0 aromatic heterocycles. The molecule has 0 aliphatic rings. The maximum Gasteiger partial charge on any atom is 0.229 e. The van der Waals surface area contributed by atoms with Gasteiger partial charge in [0.15, 0.2) is 0 Å². The van der Waals surface area contributed by atoms with Gasteiger partial charge in [0.1, 0.15) is 0 Å². The van der Waals surface area contributed by atoms with Crippen molar-refractivity contribution in [1.29, 1.82) is 0 Å². The molecule has 5 heteroatoms. The molecule has 1 aromatic rings. The van der Waals surface area contributed by atoms with Crippen LogP contribution in [0.25, 0.3) is 0 Å². The molecule has 100 valence electrons. The van der Waals surface area contributed by atoms with Crippen LogP contribution >= 0.6 is 0 Å². The van der Waals surface area contributed by atoms with E-state index in [1.807, 2.05) is 30.3 Å². The molecule has 0 fully saturated rings. The van der Waals surface area contributed by atoms with E-state index in [0.29, 0.717) is 0 Å². The summed E-state index contributed by atoms with van der Waals surface area (Å²) in [5.74, 6) is -0.600. The van der Waals surface area contributed by atoms with Crippen molar-refractivity contribution in [2.24, 2.45) is 5.73 Å². The van der Waals surface area contributed by atoms with Crippen molar-refractivity contribution in [1.82, 2.24) is 5.32 Å². The maximum absolute atomic E-state index is 12.1. The third-order valence-corrected chi connectivity index (χ3v) is 2.69. The summed E-state index contributed by atoms with van der Waals surface area (Å²) in [7, 11) is 1.52. The minimum Gasteiger partial charge on any atom is -0.394 e. The number of hydrogen-bond donors (Lipinski definition) is 3. The molecule has 4 N–H and O–H groups in total. The first-order valence-corrected chi connectivity index (χ1v) is 5.88. The Kier molecular flexibility index (Phi) is 6.35. The van der Waals surface area contributed by atoms with Crippen LogP contribution in [0.5, 0.6) is 0 Å². The van der Waals surface area contributed by atoms with E-state index in [1.165, 1.54) is 7.11 Å². The molecule has 0 radical (unpaired) electrons. The minimum atomic E-state index is -0.405. The lowest BCUT2D eigenvalue weighted by atomic mass is 9.98. The summed E-state index contributed by atoms with van der Waals surface area (Å²) >= 11 is 0. The third kappa shape index (κ3) is 4.10. The predicted molar refractivity (Wildman–Crippen MR) is 69.1 cm³/mol. The second-order valence-electron chi connectivity index (χ2n) is 4.04. The summed E-state index contributed by atoms with van der Waals surface area (Å²) in [5, 5.41) is 11.8. The van der Waals surface area contributed by atoms with Crippen LogP contribution in [0.2, 0.25) is 0 Å². The smallest absolute Gasteiger partial charge is 0.229 e. The Morgan fingerprint density at radius 3 is 2.61 bits per heavy atom. The summed E-state index contributed by atoms with van der Waals surface area (Å²) in [5.41, 5.74) is 6.51. The number of carbonyl (C=O) groups is 1. The van der Waals surface area contributed by atoms with E-state index in [1.54, 1.807) is 0 Å². The molecule has 1 rings (SSSR count). The molecular formula is C13H20N2O3. The average molecular weight is 252 g/mol. The molecule has 0 saturated heterocycles. The molecule has 2 unspecified atom stereocenters. The molecule has 0 aliphatic heterocycles. The number of methoxy groups -OCH3 is 1. The van der Waals surface area contributed by atoms with E-state index in [0.717, 1.165) is 5.56 Å². The van der Waals surface area contributed by atoms with Crippen molar-refractivity contribution in [3.63, 3.8) is 0 Å². The van der Waals surface area contributed by atoms with Crippen LogP contribution < -0.4 is 11.1 Å². The van der Waals surface area contributed by atoms with Gasteiger partial charge in [-0.2, -0.15) is 0 Å². The van der Waals surface area contributed by atoms with E-state index in [4.69, 9.17) is 15.6 Å². The first kappa shape index (κ1) is 14.6. The van der Waals surface area contributed by atoms with Crippen LogP contribution in [0.3, 0.4) is 0 Å². The van der Waals surface area contributed by atoms with Gasteiger partial charge in [0.05, 0.1) is 25.2 Å². The average Bonchev–Trinajstić information content (AvgIpc) is 2.40. The fourth-order valence-electron chi connectivity index (χ4n) is 1.72. The van der Waals surface area contributed by atoms with Gasteiger partial charge in [0.2, 0.25) is 5.91 Å². The summed E-state index contributed by atoms with van der Waals surface area (Å²) < 4.78 is 4.91. The quantitative estimate of drug-likeness (QED) is 0.630. The Hall–Kier alpha value is -1.43. The van der Waals surface area contributed by atoms with Gasteiger partial charge < -0.3 is 20.9 Å². The first-order valence-electron chi connectivity index (χ1n) is 5.88. The molecule has 0 bridgehead atoms. The molecule has 0 saturated carbocycles. The zero-order valence-corrected chi connectivity index (χ0v) is 10.5. The van der Waals surface area contributed by atoms with E-state index in [2.05, 4.69) is 5.32 Å². The third-order valence-electron chi connectivity index (χ3n) is 2.69. The Bertz CT molecular complexity index is 357. The van der Waals surface area contributed by atoms with E-state index < -0.39 is 12.0 Å². The predicted octanol–water partition coefficient (Wildman–Crippen LogP) is -0.148. The van der Waals surface area contributed by atoms with Crippen LogP contribution in [0.1, 0.15) is 11.5 Å². The summed E-state index contributed by atoms with van der Waals surface area (Å²) in [6.45, 7) is 0.334. The van der Waals surface area contributed by atoms with Gasteiger partial charge in [0.25, 0.3) is 0 Å². The maximum atomic E-state index is 12.1. The van der Waals surface area contributed by atoms with Gasteiger partial charge in [0, 0.05) is 13.7 Å². The number of benzene rings is 1. The number of aliphatic hydroxyl groups is 1. The van der Waals surface area contributed by atoms with Gasteiger partial charge >= 0.3 is 0 Å². The van der Waals surface area contributed by atoms with Crippen molar-refractivity contribution >= 4 is 5.91 Å². The van der Waals surface area contributed by atoms with Gasteiger partial charge in [-0.05, 0) is 5.56 Å². The molecule has 1 aromatic carbocycles. The Morgan fingerprint density at radius 1 is 1.44 bits per heavy atom. The van der Waals surface area contributed by atoms with Gasteiger partial charge in [-0.3, -0.25) is 4.79 Å². The molecule has 0 spiro atoms. The molecule has 5 nitrogen and oxygen atoms in total. The number of amides is 1. The number of hydrogen-bond acceptors (Lipinski definition) is 4. The number of nitrogens with two attached hydrogens (primary N) is 1. The zero-order valence-electron chi connectivity index (χ0n) is 10.5. The lowest BCUT2D eigenvalue weighted by molar-refractivity contribution is -0.123. The molecule has 0 heterocycles. The van der Waals surface area contributed by atoms with Crippen molar-refractivity contribution in [3.8, 4) is 0 Å². The first-order chi connectivity index (χ1) is 8.72. The van der Waals surface area contributed by atoms with Crippen molar-refractivity contribution < 1.29 is 14.6 Å². The highest BCUT2D eigenvalue weighted by Crippen LogP contribution is 2.14. The Labute approximate surface area is 107 Å². The Balaban J connectivity index is 2.68.